The van der Waals surface area contributed by atoms with Gasteiger partial charge in [0.05, 0.1) is 19.6 Å². The van der Waals surface area contributed by atoms with Crippen molar-refractivity contribution in [1.82, 2.24) is 0 Å². The Kier molecular flexibility index (Phi) is 7.90. The maximum atomic E-state index is 2.32. The summed E-state index contributed by atoms with van der Waals surface area (Å²) in [6.45, 7) is 8.18. The molecule has 0 aliphatic carbocycles. The number of hydrogen-bond acceptors (Lipinski definition) is 0. The molecule has 1 unspecified atom stereocenters. The molecular formula is C16H26Cl2N2. The minimum atomic E-state index is 0. The predicted octanol–water partition coefficient (Wildman–Crippen LogP) is -6.30. The van der Waals surface area contributed by atoms with Gasteiger partial charge in [0, 0.05) is 12.0 Å². The molecule has 2 aliphatic rings. The van der Waals surface area contributed by atoms with Crippen molar-refractivity contribution in [3.05, 3.63) is 35.4 Å². The molecule has 3 rings (SSSR count). The number of rotatable bonds is 3. The van der Waals surface area contributed by atoms with Crippen LogP contribution in [0.5, 0.6) is 0 Å². The van der Waals surface area contributed by atoms with E-state index < -0.39 is 0 Å². The highest BCUT2D eigenvalue weighted by atomic mass is 35.5. The normalized spacial score (nSPS) is 22.3. The fraction of sp³-hybridized carbons (Fsp3) is 0.625. The van der Waals surface area contributed by atoms with Gasteiger partial charge in [-0.05, 0) is 24.8 Å². The zero-order valence-corrected chi connectivity index (χ0v) is 13.6. The maximum absolute atomic E-state index is 2.32. The monoisotopic (exact) mass is 316 g/mol. The van der Waals surface area contributed by atoms with Gasteiger partial charge in [0.15, 0.2) is 0 Å². The Morgan fingerprint density at radius 1 is 0.750 bits per heavy atom. The SMILES string of the molecule is [Cl-].[Cl-].c1ccc2c(c1)CC[NH+](CC[NH+]1CCCCC1)C2. The molecule has 0 bridgehead atoms. The zero-order valence-electron chi connectivity index (χ0n) is 12.1. The fourth-order valence-electron chi connectivity index (χ4n) is 3.51. The zero-order chi connectivity index (χ0) is 12.2. The van der Waals surface area contributed by atoms with Crippen LogP contribution in [0.2, 0.25) is 0 Å². The number of quaternary nitrogens is 2. The first-order valence-electron chi connectivity index (χ1n) is 7.66. The van der Waals surface area contributed by atoms with Crippen LogP contribution in [0.15, 0.2) is 24.3 Å². The molecule has 0 spiro atoms. The molecule has 114 valence electrons. The molecule has 0 radical (unpaired) electrons. The van der Waals surface area contributed by atoms with E-state index in [2.05, 4.69) is 24.3 Å². The van der Waals surface area contributed by atoms with E-state index >= 15 is 0 Å². The van der Waals surface area contributed by atoms with E-state index in [-0.39, 0.29) is 24.8 Å². The van der Waals surface area contributed by atoms with Crippen LogP contribution >= 0.6 is 0 Å². The molecule has 1 aromatic carbocycles. The first-order valence-corrected chi connectivity index (χ1v) is 7.66. The number of likely N-dealkylation sites (tertiary alicyclic amines) is 1. The van der Waals surface area contributed by atoms with Gasteiger partial charge < -0.3 is 34.6 Å². The largest absolute Gasteiger partial charge is 1.00 e. The van der Waals surface area contributed by atoms with Gasteiger partial charge in [-0.2, -0.15) is 0 Å². The van der Waals surface area contributed by atoms with Crippen molar-refractivity contribution in [2.24, 2.45) is 0 Å². The molecule has 2 heterocycles. The summed E-state index contributed by atoms with van der Waals surface area (Å²) in [6, 6.07) is 9.00. The summed E-state index contributed by atoms with van der Waals surface area (Å²) in [6.07, 6.45) is 5.65. The number of fused-ring (bicyclic) bond motifs is 1. The van der Waals surface area contributed by atoms with Gasteiger partial charge in [-0.25, -0.2) is 0 Å². The average Bonchev–Trinajstić information content (AvgIpc) is 2.46. The quantitative estimate of drug-likeness (QED) is 0.549. The fourth-order valence-corrected chi connectivity index (χ4v) is 3.51. The Hall–Kier alpha value is -0.280. The van der Waals surface area contributed by atoms with Crippen LogP contribution in [0.25, 0.3) is 0 Å². The van der Waals surface area contributed by atoms with E-state index in [0.29, 0.717) is 0 Å². The van der Waals surface area contributed by atoms with Crippen LogP contribution in [0.4, 0.5) is 0 Å². The van der Waals surface area contributed by atoms with Gasteiger partial charge in [-0.15, -0.1) is 0 Å². The Labute approximate surface area is 135 Å². The Morgan fingerprint density at radius 2 is 1.40 bits per heavy atom. The van der Waals surface area contributed by atoms with Crippen LogP contribution in [-0.2, 0) is 13.0 Å². The molecular weight excluding hydrogens is 291 g/mol. The van der Waals surface area contributed by atoms with Crippen LogP contribution in [0, 0.1) is 0 Å². The van der Waals surface area contributed by atoms with Crippen molar-refractivity contribution in [2.75, 3.05) is 32.7 Å². The molecule has 1 atom stereocenters. The van der Waals surface area contributed by atoms with Crippen molar-refractivity contribution in [2.45, 2.75) is 32.2 Å². The predicted molar refractivity (Wildman–Crippen MR) is 74.0 cm³/mol. The number of halogens is 2. The summed E-state index contributed by atoms with van der Waals surface area (Å²) in [5, 5.41) is 0. The molecule has 20 heavy (non-hydrogen) atoms. The lowest BCUT2D eigenvalue weighted by molar-refractivity contribution is -0.967. The van der Waals surface area contributed by atoms with Crippen molar-refractivity contribution >= 4 is 0 Å². The first-order chi connectivity index (χ1) is 8.92. The second kappa shape index (κ2) is 8.89. The summed E-state index contributed by atoms with van der Waals surface area (Å²) in [5.74, 6) is 0. The summed E-state index contributed by atoms with van der Waals surface area (Å²) < 4.78 is 0. The summed E-state index contributed by atoms with van der Waals surface area (Å²) in [5.41, 5.74) is 3.18. The number of benzene rings is 1. The molecule has 2 N–H and O–H groups in total. The van der Waals surface area contributed by atoms with Crippen LogP contribution in [0.3, 0.4) is 0 Å². The van der Waals surface area contributed by atoms with E-state index in [1.54, 1.807) is 16.0 Å². The Morgan fingerprint density at radius 3 is 2.15 bits per heavy atom. The van der Waals surface area contributed by atoms with Crippen molar-refractivity contribution in [3.8, 4) is 0 Å². The Bertz CT molecular complexity index is 392. The summed E-state index contributed by atoms with van der Waals surface area (Å²) >= 11 is 0. The molecule has 0 amide bonds. The topological polar surface area (TPSA) is 8.88 Å². The van der Waals surface area contributed by atoms with Gasteiger partial charge in [-0.3, -0.25) is 0 Å². The first kappa shape index (κ1) is 17.8. The number of piperidine rings is 1. The molecule has 1 saturated heterocycles. The summed E-state index contributed by atoms with van der Waals surface area (Å²) in [7, 11) is 0. The van der Waals surface area contributed by atoms with Gasteiger partial charge in [0.2, 0.25) is 0 Å². The van der Waals surface area contributed by atoms with Crippen LogP contribution in [-0.4, -0.2) is 32.7 Å². The van der Waals surface area contributed by atoms with E-state index in [9.17, 15) is 0 Å². The lowest BCUT2D eigenvalue weighted by Crippen LogP contribution is -3.20. The standard InChI is InChI=1S/C16H24N2.2ClH/c1-4-9-17(10-5-1)12-13-18-11-8-15-6-2-3-7-16(15)14-18;;/h2-3,6-7H,1,4-5,8-14H2;2*1H. The number of hydrogen-bond donors (Lipinski definition) is 2. The molecule has 1 fully saturated rings. The van der Waals surface area contributed by atoms with E-state index in [4.69, 9.17) is 0 Å². The molecule has 0 aromatic heterocycles. The third kappa shape index (κ3) is 4.63. The van der Waals surface area contributed by atoms with Crippen molar-refractivity contribution in [3.63, 3.8) is 0 Å². The second-order valence-electron chi connectivity index (χ2n) is 6.01. The molecule has 1 aromatic rings. The lowest BCUT2D eigenvalue weighted by atomic mass is 10.00. The molecule has 2 aliphatic heterocycles. The van der Waals surface area contributed by atoms with Crippen molar-refractivity contribution in [1.29, 1.82) is 0 Å². The highest BCUT2D eigenvalue weighted by Gasteiger charge is 2.21. The van der Waals surface area contributed by atoms with Crippen LogP contribution < -0.4 is 34.6 Å². The average molecular weight is 317 g/mol. The van der Waals surface area contributed by atoms with E-state index in [1.165, 1.54) is 65.0 Å². The van der Waals surface area contributed by atoms with Crippen LogP contribution in [0.1, 0.15) is 30.4 Å². The van der Waals surface area contributed by atoms with Crippen molar-refractivity contribution < 1.29 is 34.6 Å². The molecule has 0 saturated carbocycles. The number of nitrogens with one attached hydrogen (secondary N) is 2. The van der Waals surface area contributed by atoms with E-state index in [1.807, 2.05) is 4.90 Å². The summed E-state index contributed by atoms with van der Waals surface area (Å²) in [4.78, 5) is 3.65. The van der Waals surface area contributed by atoms with Gasteiger partial charge >= 0.3 is 0 Å². The Balaban J connectivity index is 0.000001000. The maximum Gasteiger partial charge on any atom is 0.127 e. The third-order valence-electron chi connectivity index (χ3n) is 4.70. The smallest absolute Gasteiger partial charge is 0.127 e. The second-order valence-corrected chi connectivity index (χ2v) is 6.01. The van der Waals surface area contributed by atoms with E-state index in [0.717, 1.165) is 0 Å². The highest BCUT2D eigenvalue weighted by Crippen LogP contribution is 2.10. The van der Waals surface area contributed by atoms with Gasteiger partial charge in [0.1, 0.15) is 19.6 Å². The molecule has 4 heteroatoms. The third-order valence-corrected chi connectivity index (χ3v) is 4.70. The molecule has 2 nitrogen and oxygen atoms in total. The minimum Gasteiger partial charge on any atom is -1.00 e. The highest BCUT2D eigenvalue weighted by molar-refractivity contribution is 5.27. The van der Waals surface area contributed by atoms with Gasteiger partial charge in [-0.1, -0.05) is 24.3 Å². The van der Waals surface area contributed by atoms with Gasteiger partial charge in [0.25, 0.3) is 0 Å². The lowest BCUT2D eigenvalue weighted by Gasteiger charge is -2.28. The minimum absolute atomic E-state index is 0.